The minimum Gasteiger partial charge on any atom is -0.347 e. The highest BCUT2D eigenvalue weighted by molar-refractivity contribution is 7.17. The van der Waals surface area contributed by atoms with Crippen molar-refractivity contribution in [2.45, 2.75) is 40.8 Å². The molecule has 0 atom stereocenters. The molecule has 186 valence electrons. The third-order valence-electron chi connectivity index (χ3n) is 6.81. The Hall–Kier alpha value is -2.88. The molecule has 0 saturated carbocycles. The summed E-state index contributed by atoms with van der Waals surface area (Å²) in [4.78, 5) is 35.9. The number of piperazine rings is 1. The van der Waals surface area contributed by atoms with Crippen LogP contribution >= 0.6 is 11.3 Å². The predicted molar refractivity (Wildman–Crippen MR) is 140 cm³/mol. The Morgan fingerprint density at radius 2 is 1.69 bits per heavy atom. The third kappa shape index (κ3) is 5.52. The molecule has 1 amide bonds. The molecule has 8 nitrogen and oxygen atoms in total. The number of likely N-dealkylation sites (N-methyl/N-ethyl adjacent to an activating group) is 1. The molecule has 0 unspecified atom stereocenters. The van der Waals surface area contributed by atoms with Gasteiger partial charge in [0.25, 0.3) is 11.5 Å². The van der Waals surface area contributed by atoms with Crippen LogP contribution in [0.15, 0.2) is 29.1 Å². The van der Waals surface area contributed by atoms with Crippen LogP contribution in [0.25, 0.3) is 10.6 Å². The SMILES string of the molecule is CCN1CCN(Cc2ccccc2CNC(=O)c2sc(-c3c(C)c(C)nn(C)c3=O)nc2C)CC1. The molecule has 1 aromatic carbocycles. The van der Waals surface area contributed by atoms with Crippen LogP contribution in [0.4, 0.5) is 0 Å². The maximum Gasteiger partial charge on any atom is 0.277 e. The molecule has 1 N–H and O–H groups in total. The Labute approximate surface area is 210 Å². The molecule has 0 spiro atoms. The van der Waals surface area contributed by atoms with Crippen LogP contribution in [0.3, 0.4) is 0 Å². The zero-order chi connectivity index (χ0) is 25.1. The van der Waals surface area contributed by atoms with Gasteiger partial charge in [0, 0.05) is 46.3 Å². The van der Waals surface area contributed by atoms with Gasteiger partial charge in [-0.15, -0.1) is 11.3 Å². The Bertz CT molecular complexity index is 1270. The Balaban J connectivity index is 1.47. The second-order valence-corrected chi connectivity index (χ2v) is 10.1. The zero-order valence-corrected chi connectivity index (χ0v) is 22.0. The standard InChI is InChI=1S/C26H34N6O2S/c1-6-31-11-13-32(14-12-31)16-21-10-8-7-9-20(21)15-27-24(33)23-19(4)28-25(35-23)22-17(2)18(3)29-30(5)26(22)34/h7-10H,6,11-16H2,1-5H3,(H,27,33). The van der Waals surface area contributed by atoms with Gasteiger partial charge < -0.3 is 10.2 Å². The molecule has 2 aromatic heterocycles. The lowest BCUT2D eigenvalue weighted by atomic mass is 10.1. The Morgan fingerprint density at radius 1 is 1.03 bits per heavy atom. The summed E-state index contributed by atoms with van der Waals surface area (Å²) in [6, 6.07) is 8.30. The highest BCUT2D eigenvalue weighted by Gasteiger charge is 2.21. The Kier molecular flexibility index (Phi) is 7.78. The lowest BCUT2D eigenvalue weighted by molar-refractivity contribution is 0.0953. The summed E-state index contributed by atoms with van der Waals surface area (Å²) in [7, 11) is 1.63. The van der Waals surface area contributed by atoms with Gasteiger partial charge in [-0.25, -0.2) is 9.67 Å². The van der Waals surface area contributed by atoms with Gasteiger partial charge >= 0.3 is 0 Å². The third-order valence-corrected chi connectivity index (χ3v) is 7.98. The minimum absolute atomic E-state index is 0.169. The van der Waals surface area contributed by atoms with Crippen LogP contribution < -0.4 is 10.9 Å². The first-order chi connectivity index (χ1) is 16.8. The molecular weight excluding hydrogens is 460 g/mol. The number of hydrogen-bond donors (Lipinski definition) is 1. The molecule has 1 aliphatic rings. The number of aromatic nitrogens is 3. The smallest absolute Gasteiger partial charge is 0.277 e. The van der Waals surface area contributed by atoms with Crippen LogP contribution in [0.1, 0.15) is 44.7 Å². The summed E-state index contributed by atoms with van der Waals surface area (Å²) in [5.41, 5.74) is 4.86. The topological polar surface area (TPSA) is 83.4 Å². The molecule has 0 bridgehead atoms. The van der Waals surface area contributed by atoms with E-state index < -0.39 is 0 Å². The van der Waals surface area contributed by atoms with Gasteiger partial charge in [0.15, 0.2) is 0 Å². The Morgan fingerprint density at radius 3 is 2.37 bits per heavy atom. The van der Waals surface area contributed by atoms with Crippen LogP contribution in [-0.2, 0) is 20.1 Å². The fraction of sp³-hybridized carbons (Fsp3) is 0.462. The number of carbonyl (C=O) groups excluding carboxylic acids is 1. The normalized spacial score (nSPS) is 14.9. The molecule has 0 radical (unpaired) electrons. The second kappa shape index (κ2) is 10.8. The van der Waals surface area contributed by atoms with E-state index in [0.717, 1.165) is 56.1 Å². The van der Waals surface area contributed by atoms with E-state index >= 15 is 0 Å². The molecule has 3 aromatic rings. The number of amides is 1. The first-order valence-corrected chi connectivity index (χ1v) is 12.9. The predicted octanol–water partition coefficient (Wildman–Crippen LogP) is 2.90. The van der Waals surface area contributed by atoms with Crippen molar-refractivity contribution < 1.29 is 4.79 Å². The number of aryl methyl sites for hydroxylation is 3. The van der Waals surface area contributed by atoms with Crippen molar-refractivity contribution in [1.29, 1.82) is 0 Å². The maximum absolute atomic E-state index is 13.1. The molecule has 0 aliphatic carbocycles. The fourth-order valence-corrected chi connectivity index (χ4v) is 5.54. The lowest BCUT2D eigenvalue weighted by Gasteiger charge is -2.34. The van der Waals surface area contributed by atoms with Crippen molar-refractivity contribution in [2.24, 2.45) is 7.05 Å². The summed E-state index contributed by atoms with van der Waals surface area (Å²) >= 11 is 1.26. The van der Waals surface area contributed by atoms with E-state index in [4.69, 9.17) is 0 Å². The molecular formula is C26H34N6O2S. The molecule has 9 heteroatoms. The number of benzene rings is 1. The number of rotatable bonds is 7. The summed E-state index contributed by atoms with van der Waals surface area (Å²) in [6.45, 7) is 14.5. The van der Waals surface area contributed by atoms with Crippen LogP contribution in [0.5, 0.6) is 0 Å². The van der Waals surface area contributed by atoms with Crippen LogP contribution in [-0.4, -0.2) is 63.2 Å². The number of nitrogens with zero attached hydrogens (tertiary/aromatic N) is 5. The minimum atomic E-state index is -0.206. The summed E-state index contributed by atoms with van der Waals surface area (Å²) in [5, 5.41) is 7.87. The van der Waals surface area contributed by atoms with Crippen molar-refractivity contribution in [1.82, 2.24) is 29.9 Å². The van der Waals surface area contributed by atoms with E-state index in [9.17, 15) is 9.59 Å². The second-order valence-electron chi connectivity index (χ2n) is 9.11. The van der Waals surface area contributed by atoms with Crippen molar-refractivity contribution in [3.8, 4) is 10.6 Å². The van der Waals surface area contributed by atoms with Crippen LogP contribution in [0.2, 0.25) is 0 Å². The van der Waals surface area contributed by atoms with Gasteiger partial charge in [-0.3, -0.25) is 14.5 Å². The zero-order valence-electron chi connectivity index (χ0n) is 21.2. The first-order valence-electron chi connectivity index (χ1n) is 12.1. The first kappa shape index (κ1) is 25.2. The molecule has 3 heterocycles. The van der Waals surface area contributed by atoms with Gasteiger partial charge in [-0.05, 0) is 44.0 Å². The molecule has 1 saturated heterocycles. The van der Waals surface area contributed by atoms with E-state index in [2.05, 4.69) is 50.3 Å². The van der Waals surface area contributed by atoms with E-state index in [1.165, 1.54) is 21.6 Å². The number of carbonyl (C=O) groups is 1. The number of thiazole rings is 1. The van der Waals surface area contributed by atoms with Gasteiger partial charge in [-0.1, -0.05) is 31.2 Å². The largest absolute Gasteiger partial charge is 0.347 e. The monoisotopic (exact) mass is 494 g/mol. The van der Waals surface area contributed by atoms with Crippen molar-refractivity contribution in [2.75, 3.05) is 32.7 Å². The quantitative estimate of drug-likeness (QED) is 0.544. The van der Waals surface area contributed by atoms with Crippen molar-refractivity contribution in [3.63, 3.8) is 0 Å². The van der Waals surface area contributed by atoms with E-state index in [1.54, 1.807) is 7.05 Å². The summed E-state index contributed by atoms with van der Waals surface area (Å²) < 4.78 is 1.33. The molecule has 1 aliphatic heterocycles. The highest BCUT2D eigenvalue weighted by atomic mass is 32.1. The van der Waals surface area contributed by atoms with E-state index in [0.29, 0.717) is 27.7 Å². The average molecular weight is 495 g/mol. The van der Waals surface area contributed by atoms with E-state index in [-0.39, 0.29) is 11.5 Å². The molecule has 35 heavy (non-hydrogen) atoms. The number of nitrogens with one attached hydrogen (secondary N) is 1. The van der Waals surface area contributed by atoms with Crippen molar-refractivity contribution >= 4 is 17.2 Å². The number of hydrogen-bond acceptors (Lipinski definition) is 7. The highest BCUT2D eigenvalue weighted by Crippen LogP contribution is 2.28. The summed E-state index contributed by atoms with van der Waals surface area (Å²) in [5.74, 6) is -0.169. The molecule has 4 rings (SSSR count). The van der Waals surface area contributed by atoms with E-state index in [1.807, 2.05) is 26.8 Å². The van der Waals surface area contributed by atoms with Gasteiger partial charge in [0.1, 0.15) is 9.88 Å². The van der Waals surface area contributed by atoms with Gasteiger partial charge in [-0.2, -0.15) is 5.10 Å². The lowest BCUT2D eigenvalue weighted by Crippen LogP contribution is -2.45. The average Bonchev–Trinajstić information content (AvgIpc) is 3.23. The van der Waals surface area contributed by atoms with Crippen molar-refractivity contribution in [3.05, 3.63) is 67.6 Å². The van der Waals surface area contributed by atoms with Gasteiger partial charge in [0.05, 0.1) is 17.0 Å². The fourth-order valence-electron chi connectivity index (χ4n) is 4.46. The van der Waals surface area contributed by atoms with Crippen LogP contribution in [0, 0.1) is 20.8 Å². The molecule has 1 fully saturated rings. The van der Waals surface area contributed by atoms with Gasteiger partial charge in [0.2, 0.25) is 0 Å². The summed E-state index contributed by atoms with van der Waals surface area (Å²) in [6.07, 6.45) is 0. The maximum atomic E-state index is 13.1.